The van der Waals surface area contributed by atoms with Crippen LogP contribution in [0.25, 0.3) is 0 Å². The van der Waals surface area contributed by atoms with Gasteiger partial charge in [0.2, 0.25) is 0 Å². The SMILES string of the molecule is COc1cccc(C(=O)N(C)C2CCC(OC)CC2)c1OC. The van der Waals surface area contributed by atoms with E-state index in [2.05, 4.69) is 0 Å². The van der Waals surface area contributed by atoms with Crippen molar-refractivity contribution in [2.24, 2.45) is 0 Å². The van der Waals surface area contributed by atoms with Crippen molar-refractivity contribution < 1.29 is 19.0 Å². The molecule has 1 aliphatic carbocycles. The predicted octanol–water partition coefficient (Wildman–Crippen LogP) is 2.73. The Kier molecular flexibility index (Phi) is 5.66. The summed E-state index contributed by atoms with van der Waals surface area (Å²) in [5.41, 5.74) is 0.540. The molecule has 1 amide bonds. The van der Waals surface area contributed by atoms with Gasteiger partial charge in [0, 0.05) is 20.2 Å². The highest BCUT2D eigenvalue weighted by atomic mass is 16.5. The van der Waals surface area contributed by atoms with Gasteiger partial charge < -0.3 is 19.1 Å². The molecule has 5 heteroatoms. The fourth-order valence-corrected chi connectivity index (χ4v) is 3.08. The molecule has 22 heavy (non-hydrogen) atoms. The highest BCUT2D eigenvalue weighted by Crippen LogP contribution is 2.33. The van der Waals surface area contributed by atoms with E-state index in [1.54, 1.807) is 33.5 Å². The number of nitrogens with zero attached hydrogens (tertiary/aromatic N) is 1. The minimum atomic E-state index is -0.0309. The zero-order valence-electron chi connectivity index (χ0n) is 13.8. The van der Waals surface area contributed by atoms with E-state index in [4.69, 9.17) is 14.2 Å². The summed E-state index contributed by atoms with van der Waals surface area (Å²) in [5, 5.41) is 0. The zero-order chi connectivity index (χ0) is 16.1. The summed E-state index contributed by atoms with van der Waals surface area (Å²) in [6, 6.07) is 5.62. The largest absolute Gasteiger partial charge is 0.493 e. The molecule has 2 rings (SSSR count). The average Bonchev–Trinajstić information content (AvgIpc) is 2.59. The van der Waals surface area contributed by atoms with Crippen LogP contribution in [-0.4, -0.2) is 51.3 Å². The lowest BCUT2D eigenvalue weighted by molar-refractivity contribution is 0.0384. The summed E-state index contributed by atoms with van der Waals surface area (Å²) in [6.45, 7) is 0. The van der Waals surface area contributed by atoms with Crippen LogP contribution < -0.4 is 9.47 Å². The minimum Gasteiger partial charge on any atom is -0.493 e. The third-order valence-electron chi connectivity index (χ3n) is 4.48. The van der Waals surface area contributed by atoms with Gasteiger partial charge in [-0.15, -0.1) is 0 Å². The van der Waals surface area contributed by atoms with Crippen LogP contribution in [0.5, 0.6) is 11.5 Å². The summed E-state index contributed by atoms with van der Waals surface area (Å²) in [5.74, 6) is 1.04. The molecule has 0 atom stereocenters. The first-order valence-electron chi connectivity index (χ1n) is 7.63. The minimum absolute atomic E-state index is 0.0309. The normalized spacial score (nSPS) is 21.3. The van der Waals surface area contributed by atoms with Crippen LogP contribution in [0.15, 0.2) is 18.2 Å². The van der Waals surface area contributed by atoms with Crippen molar-refractivity contribution in [3.05, 3.63) is 23.8 Å². The highest BCUT2D eigenvalue weighted by molar-refractivity contribution is 5.97. The van der Waals surface area contributed by atoms with Crippen LogP contribution in [0.3, 0.4) is 0 Å². The van der Waals surface area contributed by atoms with Crippen molar-refractivity contribution >= 4 is 5.91 Å². The second-order valence-corrected chi connectivity index (χ2v) is 5.62. The number of ether oxygens (including phenoxy) is 3. The maximum absolute atomic E-state index is 12.8. The van der Waals surface area contributed by atoms with E-state index in [1.165, 1.54) is 0 Å². The second-order valence-electron chi connectivity index (χ2n) is 5.62. The molecule has 0 bridgehead atoms. The number of amides is 1. The molecule has 1 aromatic rings. The second kappa shape index (κ2) is 7.49. The fourth-order valence-electron chi connectivity index (χ4n) is 3.08. The molecular formula is C17H25NO4. The third kappa shape index (κ3) is 3.35. The average molecular weight is 307 g/mol. The number of para-hydroxylation sites is 1. The van der Waals surface area contributed by atoms with Crippen molar-refractivity contribution in [1.29, 1.82) is 0 Å². The predicted molar refractivity (Wildman–Crippen MR) is 84.7 cm³/mol. The molecular weight excluding hydrogens is 282 g/mol. The van der Waals surface area contributed by atoms with Gasteiger partial charge >= 0.3 is 0 Å². The van der Waals surface area contributed by atoms with E-state index < -0.39 is 0 Å². The number of carbonyl (C=O) groups excluding carboxylic acids is 1. The number of hydrogen-bond acceptors (Lipinski definition) is 4. The van der Waals surface area contributed by atoms with Gasteiger partial charge in [-0.3, -0.25) is 4.79 Å². The molecule has 1 fully saturated rings. The summed E-state index contributed by atoms with van der Waals surface area (Å²) >= 11 is 0. The number of rotatable bonds is 5. The number of methoxy groups -OCH3 is 3. The summed E-state index contributed by atoms with van der Waals surface area (Å²) in [6.07, 6.45) is 4.24. The molecule has 0 unspecified atom stereocenters. The number of carbonyl (C=O) groups is 1. The quantitative estimate of drug-likeness (QED) is 0.839. The van der Waals surface area contributed by atoms with Gasteiger partial charge in [-0.2, -0.15) is 0 Å². The van der Waals surface area contributed by atoms with Gasteiger partial charge in [-0.25, -0.2) is 0 Å². The number of benzene rings is 1. The van der Waals surface area contributed by atoms with Gasteiger partial charge in [0.05, 0.1) is 25.9 Å². The number of hydrogen-bond donors (Lipinski definition) is 0. The maximum Gasteiger partial charge on any atom is 0.257 e. The first-order chi connectivity index (χ1) is 10.6. The van der Waals surface area contributed by atoms with E-state index in [1.807, 2.05) is 18.0 Å². The van der Waals surface area contributed by atoms with Gasteiger partial charge in [0.1, 0.15) is 0 Å². The Hall–Kier alpha value is -1.75. The molecule has 122 valence electrons. The zero-order valence-corrected chi connectivity index (χ0v) is 13.8. The van der Waals surface area contributed by atoms with Crippen LogP contribution >= 0.6 is 0 Å². The van der Waals surface area contributed by atoms with E-state index in [0.717, 1.165) is 25.7 Å². The lowest BCUT2D eigenvalue weighted by Crippen LogP contribution is -2.40. The van der Waals surface area contributed by atoms with Crippen molar-refractivity contribution in [3.8, 4) is 11.5 Å². The van der Waals surface area contributed by atoms with Gasteiger partial charge in [-0.05, 0) is 37.8 Å². The molecule has 1 aromatic carbocycles. The van der Waals surface area contributed by atoms with Crippen molar-refractivity contribution in [2.45, 2.75) is 37.8 Å². The topological polar surface area (TPSA) is 48.0 Å². The van der Waals surface area contributed by atoms with Crippen LogP contribution in [-0.2, 0) is 4.74 Å². The summed E-state index contributed by atoms with van der Waals surface area (Å²) < 4.78 is 16.0. The Bertz CT molecular complexity index is 509. The lowest BCUT2D eigenvalue weighted by Gasteiger charge is -2.34. The molecule has 0 N–H and O–H groups in total. The van der Waals surface area contributed by atoms with E-state index in [9.17, 15) is 4.79 Å². The molecule has 5 nitrogen and oxygen atoms in total. The van der Waals surface area contributed by atoms with Gasteiger partial charge in [-0.1, -0.05) is 6.07 Å². The van der Waals surface area contributed by atoms with E-state index in [0.29, 0.717) is 23.2 Å². The Morgan fingerprint density at radius 3 is 2.32 bits per heavy atom. The lowest BCUT2D eigenvalue weighted by atomic mass is 9.91. The monoisotopic (exact) mass is 307 g/mol. The smallest absolute Gasteiger partial charge is 0.257 e. The molecule has 0 aliphatic heterocycles. The molecule has 0 heterocycles. The van der Waals surface area contributed by atoms with Crippen molar-refractivity contribution in [3.63, 3.8) is 0 Å². The van der Waals surface area contributed by atoms with Crippen molar-refractivity contribution in [2.75, 3.05) is 28.4 Å². The molecule has 0 spiro atoms. The van der Waals surface area contributed by atoms with Crippen LogP contribution in [0.4, 0.5) is 0 Å². The van der Waals surface area contributed by atoms with Crippen LogP contribution in [0.1, 0.15) is 36.0 Å². The summed E-state index contributed by atoms with van der Waals surface area (Å²) in [4.78, 5) is 14.6. The van der Waals surface area contributed by atoms with Gasteiger partial charge in [0.15, 0.2) is 11.5 Å². The summed E-state index contributed by atoms with van der Waals surface area (Å²) in [7, 11) is 6.74. The molecule has 0 radical (unpaired) electrons. The van der Waals surface area contributed by atoms with Crippen LogP contribution in [0, 0.1) is 0 Å². The first kappa shape index (κ1) is 16.6. The molecule has 1 saturated carbocycles. The standard InChI is InChI=1S/C17H25NO4/c1-18(12-8-10-13(20-2)11-9-12)17(19)14-6-5-7-15(21-3)16(14)22-4/h5-7,12-13H,8-11H2,1-4H3. The first-order valence-corrected chi connectivity index (χ1v) is 7.63. The Morgan fingerprint density at radius 2 is 1.77 bits per heavy atom. The van der Waals surface area contributed by atoms with Crippen molar-refractivity contribution in [1.82, 2.24) is 4.90 Å². The highest BCUT2D eigenvalue weighted by Gasteiger charge is 2.28. The molecule has 0 saturated heterocycles. The molecule has 0 aromatic heterocycles. The molecule has 1 aliphatic rings. The van der Waals surface area contributed by atoms with Crippen LogP contribution in [0.2, 0.25) is 0 Å². The third-order valence-corrected chi connectivity index (χ3v) is 4.48. The van der Waals surface area contributed by atoms with E-state index in [-0.39, 0.29) is 11.9 Å². The Balaban J connectivity index is 2.14. The maximum atomic E-state index is 12.8. The fraction of sp³-hybridized carbons (Fsp3) is 0.588. The van der Waals surface area contributed by atoms with Gasteiger partial charge in [0.25, 0.3) is 5.91 Å². The van der Waals surface area contributed by atoms with E-state index >= 15 is 0 Å². The Morgan fingerprint density at radius 1 is 1.09 bits per heavy atom. The Labute approximate surface area is 132 Å².